The first-order valence-electron chi connectivity index (χ1n) is 11.0. The number of methoxy groups -OCH3 is 1. The van der Waals surface area contributed by atoms with Crippen molar-refractivity contribution in [2.75, 3.05) is 20.2 Å². The Labute approximate surface area is 197 Å². The summed E-state index contributed by atoms with van der Waals surface area (Å²) in [6, 6.07) is 11.3. The quantitative estimate of drug-likeness (QED) is 0.498. The highest BCUT2D eigenvalue weighted by Gasteiger charge is 2.35. The van der Waals surface area contributed by atoms with Crippen LogP contribution in [0.25, 0.3) is 10.9 Å². The Hall–Kier alpha value is -3.24. The molecule has 0 spiro atoms. The number of amides is 1. The first-order valence-corrected chi connectivity index (χ1v) is 12.4. The third-order valence-corrected chi connectivity index (χ3v) is 7.99. The molecule has 1 amide bonds. The summed E-state index contributed by atoms with van der Waals surface area (Å²) in [5.74, 6) is -2.14. The Morgan fingerprint density at radius 2 is 1.94 bits per heavy atom. The molecular formula is C24H26FN3O5S. The van der Waals surface area contributed by atoms with Crippen molar-refractivity contribution < 1.29 is 27.1 Å². The maximum absolute atomic E-state index is 13.2. The van der Waals surface area contributed by atoms with Gasteiger partial charge in [-0.1, -0.05) is 18.2 Å². The van der Waals surface area contributed by atoms with Gasteiger partial charge in [0.25, 0.3) is 0 Å². The lowest BCUT2D eigenvalue weighted by Crippen LogP contribution is -2.50. The topological polar surface area (TPSA) is 109 Å². The minimum Gasteiger partial charge on any atom is -0.467 e. The van der Waals surface area contributed by atoms with Gasteiger partial charge in [0.05, 0.1) is 17.9 Å². The van der Waals surface area contributed by atoms with Gasteiger partial charge in [-0.05, 0) is 48.7 Å². The van der Waals surface area contributed by atoms with E-state index >= 15 is 0 Å². The van der Waals surface area contributed by atoms with Gasteiger partial charge >= 0.3 is 5.97 Å². The number of para-hydroxylation sites is 1. The Balaban J connectivity index is 1.48. The molecule has 2 aromatic carbocycles. The maximum Gasteiger partial charge on any atom is 0.328 e. The van der Waals surface area contributed by atoms with Crippen molar-refractivity contribution in [3.8, 4) is 0 Å². The van der Waals surface area contributed by atoms with Crippen molar-refractivity contribution in [1.29, 1.82) is 0 Å². The van der Waals surface area contributed by atoms with Crippen LogP contribution in [0.3, 0.4) is 0 Å². The second-order valence-corrected chi connectivity index (χ2v) is 10.2. The number of ether oxygens (including phenoxy) is 1. The smallest absolute Gasteiger partial charge is 0.328 e. The van der Waals surface area contributed by atoms with Crippen LogP contribution >= 0.6 is 0 Å². The number of halogens is 1. The number of nitrogens with zero attached hydrogens (tertiary/aromatic N) is 1. The molecule has 3 aromatic rings. The summed E-state index contributed by atoms with van der Waals surface area (Å²) < 4.78 is 45.3. The molecule has 0 saturated carbocycles. The molecule has 1 saturated heterocycles. The average Bonchev–Trinajstić information content (AvgIpc) is 3.26. The first kappa shape index (κ1) is 23.9. The summed E-state index contributed by atoms with van der Waals surface area (Å²) in [7, 11) is -2.61. The minimum absolute atomic E-state index is 0.0213. The Morgan fingerprint density at radius 3 is 2.68 bits per heavy atom. The van der Waals surface area contributed by atoms with Crippen LogP contribution in [0.4, 0.5) is 4.39 Å². The molecule has 1 aromatic heterocycles. The molecular weight excluding hydrogens is 461 g/mol. The number of carbonyl (C=O) groups excluding carboxylic acids is 2. The summed E-state index contributed by atoms with van der Waals surface area (Å²) >= 11 is 0. The number of carbonyl (C=O) groups is 2. The van der Waals surface area contributed by atoms with Crippen molar-refractivity contribution in [2.45, 2.75) is 30.2 Å². The predicted octanol–water partition coefficient (Wildman–Crippen LogP) is 2.61. The fraction of sp³-hybridized carbons (Fsp3) is 0.333. The molecule has 0 bridgehead atoms. The standard InChI is InChI=1S/C24H26FN3O5S/c1-33-24(30)22(13-17-14-26-21-7-3-2-6-20(17)21)27-23(29)16-5-4-12-28(15-16)34(31,32)19-10-8-18(25)9-11-19/h2-3,6-11,14,16,22,26H,4-5,12-13,15H2,1H3,(H,27,29)/t16-,22+/m1/s1. The van der Waals surface area contributed by atoms with Crippen LogP contribution in [0.15, 0.2) is 59.6 Å². The number of esters is 1. The molecule has 0 unspecified atom stereocenters. The number of H-pyrrole nitrogens is 1. The molecule has 1 aliphatic heterocycles. The molecule has 1 fully saturated rings. The number of fused-ring (bicyclic) bond motifs is 1. The largest absolute Gasteiger partial charge is 0.467 e. The first-order chi connectivity index (χ1) is 16.3. The van der Waals surface area contributed by atoms with E-state index in [-0.39, 0.29) is 24.4 Å². The number of aromatic nitrogens is 1. The van der Waals surface area contributed by atoms with Gasteiger partial charge in [-0.3, -0.25) is 4.79 Å². The number of benzene rings is 2. The van der Waals surface area contributed by atoms with E-state index in [1.54, 1.807) is 6.20 Å². The highest BCUT2D eigenvalue weighted by atomic mass is 32.2. The van der Waals surface area contributed by atoms with E-state index in [2.05, 4.69) is 10.3 Å². The lowest BCUT2D eigenvalue weighted by molar-refractivity contribution is -0.145. The number of hydrogen-bond acceptors (Lipinski definition) is 5. The van der Waals surface area contributed by atoms with Gasteiger partial charge in [0.1, 0.15) is 11.9 Å². The van der Waals surface area contributed by atoms with Gasteiger partial charge in [-0.15, -0.1) is 0 Å². The zero-order valence-electron chi connectivity index (χ0n) is 18.7. The third-order valence-electron chi connectivity index (χ3n) is 6.11. The third kappa shape index (κ3) is 4.97. The minimum atomic E-state index is -3.87. The van der Waals surface area contributed by atoms with Crippen molar-refractivity contribution in [1.82, 2.24) is 14.6 Å². The summed E-state index contributed by atoms with van der Waals surface area (Å²) in [4.78, 5) is 28.6. The summed E-state index contributed by atoms with van der Waals surface area (Å²) in [6.07, 6.45) is 3.00. The number of nitrogens with one attached hydrogen (secondary N) is 2. The van der Waals surface area contributed by atoms with Gasteiger partial charge in [-0.25, -0.2) is 17.6 Å². The van der Waals surface area contributed by atoms with E-state index in [0.29, 0.717) is 12.8 Å². The second kappa shape index (κ2) is 9.94. The van der Waals surface area contributed by atoms with E-state index in [4.69, 9.17) is 4.74 Å². The van der Waals surface area contributed by atoms with Gasteiger partial charge in [-0.2, -0.15) is 4.31 Å². The summed E-state index contributed by atoms with van der Waals surface area (Å²) in [6.45, 7) is 0.242. The van der Waals surface area contributed by atoms with Crippen LogP contribution in [0.1, 0.15) is 18.4 Å². The number of hydrogen-bond donors (Lipinski definition) is 2. The zero-order chi connectivity index (χ0) is 24.3. The van der Waals surface area contributed by atoms with Crippen molar-refractivity contribution in [2.24, 2.45) is 5.92 Å². The molecule has 1 aliphatic rings. The van der Waals surface area contributed by atoms with Crippen molar-refractivity contribution >= 4 is 32.8 Å². The summed E-state index contributed by atoms with van der Waals surface area (Å²) in [5.41, 5.74) is 1.77. The number of piperidine rings is 1. The predicted molar refractivity (Wildman–Crippen MR) is 124 cm³/mol. The van der Waals surface area contributed by atoms with Crippen LogP contribution in [-0.2, 0) is 30.8 Å². The normalized spacial score (nSPS) is 17.9. The van der Waals surface area contributed by atoms with E-state index in [1.165, 1.54) is 23.5 Å². The fourth-order valence-electron chi connectivity index (χ4n) is 4.28. The lowest BCUT2D eigenvalue weighted by atomic mass is 9.97. The molecule has 10 heteroatoms. The molecule has 180 valence electrons. The number of rotatable bonds is 7. The van der Waals surface area contributed by atoms with E-state index in [9.17, 15) is 22.4 Å². The fourth-order valence-corrected chi connectivity index (χ4v) is 5.80. The second-order valence-electron chi connectivity index (χ2n) is 8.30. The van der Waals surface area contributed by atoms with Gasteiger partial charge < -0.3 is 15.0 Å². The monoisotopic (exact) mass is 487 g/mol. The van der Waals surface area contributed by atoms with Crippen LogP contribution < -0.4 is 5.32 Å². The lowest BCUT2D eigenvalue weighted by Gasteiger charge is -2.32. The SMILES string of the molecule is COC(=O)[C@H](Cc1c[nH]c2ccccc12)NC(=O)[C@@H]1CCCN(S(=O)(=O)c2ccc(F)cc2)C1. The van der Waals surface area contributed by atoms with Crippen LogP contribution in [0.5, 0.6) is 0 Å². The molecule has 34 heavy (non-hydrogen) atoms. The van der Waals surface area contributed by atoms with Gasteiger partial charge in [0.2, 0.25) is 15.9 Å². The molecule has 0 aliphatic carbocycles. The molecule has 8 nitrogen and oxygen atoms in total. The van der Waals surface area contributed by atoms with Crippen LogP contribution in [-0.4, -0.2) is 55.8 Å². The Bertz CT molecular complexity index is 1290. The highest BCUT2D eigenvalue weighted by molar-refractivity contribution is 7.89. The van der Waals surface area contributed by atoms with Crippen LogP contribution in [0, 0.1) is 11.7 Å². The molecule has 2 atom stereocenters. The Morgan fingerprint density at radius 1 is 1.21 bits per heavy atom. The highest BCUT2D eigenvalue weighted by Crippen LogP contribution is 2.25. The van der Waals surface area contributed by atoms with E-state index in [1.807, 2.05) is 24.3 Å². The Kier molecular flexibility index (Phi) is 6.99. The van der Waals surface area contributed by atoms with Gasteiger partial charge in [0.15, 0.2) is 0 Å². The van der Waals surface area contributed by atoms with Gasteiger partial charge in [0, 0.05) is 36.6 Å². The molecule has 4 rings (SSSR count). The van der Waals surface area contributed by atoms with E-state index < -0.39 is 39.7 Å². The maximum atomic E-state index is 13.2. The number of aromatic amines is 1. The molecule has 0 radical (unpaired) electrons. The number of sulfonamides is 1. The van der Waals surface area contributed by atoms with Crippen LogP contribution in [0.2, 0.25) is 0 Å². The zero-order valence-corrected chi connectivity index (χ0v) is 19.5. The molecule has 2 N–H and O–H groups in total. The average molecular weight is 488 g/mol. The van der Waals surface area contributed by atoms with Crippen molar-refractivity contribution in [3.05, 3.63) is 66.1 Å². The summed E-state index contributed by atoms with van der Waals surface area (Å²) in [5, 5.41) is 3.71. The van der Waals surface area contributed by atoms with Crippen molar-refractivity contribution in [3.63, 3.8) is 0 Å². The molecule has 2 heterocycles. The van der Waals surface area contributed by atoms with E-state index in [0.717, 1.165) is 28.6 Å².